The van der Waals surface area contributed by atoms with Gasteiger partial charge in [0.25, 0.3) is 0 Å². The monoisotopic (exact) mass is 350 g/mol. The lowest BCUT2D eigenvalue weighted by Crippen LogP contribution is -2.09. The average molecular weight is 351 g/mol. The number of hydrogen-bond acceptors (Lipinski definition) is 5. The Balaban J connectivity index is 1.92. The molecule has 0 aliphatic heterocycles. The van der Waals surface area contributed by atoms with E-state index >= 15 is 0 Å². The molecule has 21 heavy (non-hydrogen) atoms. The fourth-order valence-corrected chi connectivity index (χ4v) is 2.39. The van der Waals surface area contributed by atoms with Crippen LogP contribution in [0.1, 0.15) is 12.5 Å². The quantitative estimate of drug-likeness (QED) is 0.801. The van der Waals surface area contributed by atoms with Crippen molar-refractivity contribution in [2.75, 3.05) is 30.8 Å². The van der Waals surface area contributed by atoms with Gasteiger partial charge in [-0.05, 0) is 47.0 Å². The second-order valence-electron chi connectivity index (χ2n) is 4.44. The second kappa shape index (κ2) is 7.83. The largest absolute Gasteiger partial charge is 0.497 e. The van der Waals surface area contributed by atoms with Crippen molar-refractivity contribution in [3.8, 4) is 5.75 Å². The highest BCUT2D eigenvalue weighted by molar-refractivity contribution is 9.10. The Morgan fingerprint density at radius 1 is 1.10 bits per heavy atom. The number of benzene rings is 1. The van der Waals surface area contributed by atoms with E-state index in [9.17, 15) is 0 Å². The predicted molar refractivity (Wildman–Crippen MR) is 89.1 cm³/mol. The number of methoxy groups -OCH3 is 1. The lowest BCUT2D eigenvalue weighted by Gasteiger charge is -2.11. The Labute approximate surface area is 133 Å². The minimum absolute atomic E-state index is 0.799. The summed E-state index contributed by atoms with van der Waals surface area (Å²) in [6.07, 6.45) is 2.47. The molecule has 0 atom stereocenters. The molecule has 0 radical (unpaired) electrons. The van der Waals surface area contributed by atoms with Gasteiger partial charge in [-0.2, -0.15) is 0 Å². The molecule has 112 valence electrons. The normalized spacial score (nSPS) is 10.2. The van der Waals surface area contributed by atoms with Gasteiger partial charge in [-0.1, -0.05) is 12.1 Å². The van der Waals surface area contributed by atoms with Crippen LogP contribution in [0, 0.1) is 0 Å². The molecular weight excluding hydrogens is 332 g/mol. The van der Waals surface area contributed by atoms with Crippen LogP contribution in [0.5, 0.6) is 5.75 Å². The number of hydrogen-bond donors (Lipinski definition) is 2. The Kier molecular flexibility index (Phi) is 5.80. The SMILES string of the molecule is CCNc1ncnc(NCCc2ccc(OC)cc2)c1Br. The highest BCUT2D eigenvalue weighted by Crippen LogP contribution is 2.26. The maximum atomic E-state index is 5.15. The minimum Gasteiger partial charge on any atom is -0.497 e. The molecule has 0 saturated carbocycles. The fraction of sp³-hybridized carbons (Fsp3) is 0.333. The molecule has 0 bridgehead atoms. The number of ether oxygens (including phenoxy) is 1. The first kappa shape index (κ1) is 15.6. The van der Waals surface area contributed by atoms with Gasteiger partial charge in [0.15, 0.2) is 0 Å². The molecule has 6 heteroatoms. The van der Waals surface area contributed by atoms with Gasteiger partial charge < -0.3 is 15.4 Å². The summed E-state index contributed by atoms with van der Waals surface area (Å²) >= 11 is 3.52. The van der Waals surface area contributed by atoms with Crippen molar-refractivity contribution in [3.05, 3.63) is 40.6 Å². The van der Waals surface area contributed by atoms with Gasteiger partial charge in [-0.15, -0.1) is 0 Å². The Hall–Kier alpha value is -1.82. The van der Waals surface area contributed by atoms with Crippen molar-refractivity contribution >= 4 is 27.6 Å². The maximum absolute atomic E-state index is 5.15. The van der Waals surface area contributed by atoms with Crippen LogP contribution < -0.4 is 15.4 Å². The Morgan fingerprint density at radius 2 is 1.76 bits per heavy atom. The van der Waals surface area contributed by atoms with Crippen molar-refractivity contribution in [2.45, 2.75) is 13.3 Å². The van der Waals surface area contributed by atoms with Crippen molar-refractivity contribution in [1.29, 1.82) is 0 Å². The number of nitrogens with zero attached hydrogens (tertiary/aromatic N) is 2. The molecule has 2 aromatic rings. The van der Waals surface area contributed by atoms with Crippen LogP contribution in [0.25, 0.3) is 0 Å². The third-order valence-electron chi connectivity index (χ3n) is 3.00. The summed E-state index contributed by atoms with van der Waals surface area (Å²) < 4.78 is 6.01. The van der Waals surface area contributed by atoms with E-state index in [0.717, 1.165) is 41.4 Å². The van der Waals surface area contributed by atoms with Crippen molar-refractivity contribution < 1.29 is 4.74 Å². The van der Waals surface area contributed by atoms with Gasteiger partial charge in [0, 0.05) is 13.1 Å². The van der Waals surface area contributed by atoms with Crippen LogP contribution in [0.4, 0.5) is 11.6 Å². The van der Waals surface area contributed by atoms with Crippen LogP contribution in [0.2, 0.25) is 0 Å². The molecule has 1 heterocycles. The predicted octanol–water partition coefficient (Wildman–Crippen LogP) is 3.33. The molecule has 0 aliphatic carbocycles. The van der Waals surface area contributed by atoms with Crippen LogP contribution in [-0.4, -0.2) is 30.2 Å². The first-order valence-electron chi connectivity index (χ1n) is 6.85. The van der Waals surface area contributed by atoms with Crippen LogP contribution in [-0.2, 0) is 6.42 Å². The van der Waals surface area contributed by atoms with Gasteiger partial charge in [0.05, 0.1) is 7.11 Å². The Bertz CT molecular complexity index is 574. The number of nitrogens with one attached hydrogen (secondary N) is 2. The zero-order valence-electron chi connectivity index (χ0n) is 12.2. The molecule has 5 nitrogen and oxygen atoms in total. The Morgan fingerprint density at radius 3 is 2.38 bits per heavy atom. The summed E-state index contributed by atoms with van der Waals surface area (Å²) in [4.78, 5) is 8.44. The van der Waals surface area contributed by atoms with E-state index < -0.39 is 0 Å². The number of rotatable bonds is 7. The number of halogens is 1. The maximum Gasteiger partial charge on any atom is 0.145 e. The summed E-state index contributed by atoms with van der Waals surface area (Å²) in [7, 11) is 1.67. The molecule has 2 rings (SSSR count). The van der Waals surface area contributed by atoms with Crippen LogP contribution in [0.3, 0.4) is 0 Å². The molecule has 0 unspecified atom stereocenters. The summed E-state index contributed by atoms with van der Waals surface area (Å²) in [6.45, 7) is 3.65. The highest BCUT2D eigenvalue weighted by atomic mass is 79.9. The van der Waals surface area contributed by atoms with E-state index in [1.54, 1.807) is 13.4 Å². The number of aromatic nitrogens is 2. The standard InChI is InChI=1S/C15H19BrN4O/c1-3-17-14-13(16)15(20-10-19-14)18-9-8-11-4-6-12(21-2)7-5-11/h4-7,10H,3,8-9H2,1-2H3,(H2,17,18,19,20). The fourth-order valence-electron chi connectivity index (χ4n) is 1.90. The van der Waals surface area contributed by atoms with E-state index in [0.29, 0.717) is 0 Å². The molecule has 0 amide bonds. The van der Waals surface area contributed by atoms with Gasteiger partial charge in [0.1, 0.15) is 28.2 Å². The van der Waals surface area contributed by atoms with Crippen LogP contribution >= 0.6 is 15.9 Å². The molecule has 1 aromatic carbocycles. The first-order chi connectivity index (χ1) is 10.2. The zero-order chi connectivity index (χ0) is 15.1. The van der Waals surface area contributed by atoms with Crippen molar-refractivity contribution in [2.24, 2.45) is 0 Å². The summed E-state index contributed by atoms with van der Waals surface area (Å²) in [5.41, 5.74) is 1.25. The second-order valence-corrected chi connectivity index (χ2v) is 5.23. The molecular formula is C15H19BrN4O. The summed E-state index contributed by atoms with van der Waals surface area (Å²) in [6, 6.07) is 8.08. The van der Waals surface area contributed by atoms with E-state index in [1.165, 1.54) is 5.56 Å². The lowest BCUT2D eigenvalue weighted by atomic mass is 10.1. The molecule has 0 aliphatic rings. The van der Waals surface area contributed by atoms with Crippen molar-refractivity contribution in [3.63, 3.8) is 0 Å². The highest BCUT2D eigenvalue weighted by Gasteiger charge is 2.07. The van der Waals surface area contributed by atoms with Crippen molar-refractivity contribution in [1.82, 2.24) is 9.97 Å². The summed E-state index contributed by atoms with van der Waals surface area (Å²) in [5, 5.41) is 6.50. The molecule has 0 spiro atoms. The smallest absolute Gasteiger partial charge is 0.145 e. The van der Waals surface area contributed by atoms with Gasteiger partial charge >= 0.3 is 0 Å². The minimum atomic E-state index is 0.799. The van der Waals surface area contributed by atoms with Gasteiger partial charge in [-0.3, -0.25) is 0 Å². The van der Waals surface area contributed by atoms with E-state index in [4.69, 9.17) is 4.74 Å². The van der Waals surface area contributed by atoms with E-state index in [1.807, 2.05) is 19.1 Å². The summed E-state index contributed by atoms with van der Waals surface area (Å²) in [5.74, 6) is 2.48. The molecule has 0 fully saturated rings. The van der Waals surface area contributed by atoms with Gasteiger partial charge in [0.2, 0.25) is 0 Å². The topological polar surface area (TPSA) is 59.1 Å². The van der Waals surface area contributed by atoms with E-state index in [2.05, 4.69) is 48.7 Å². The molecule has 1 aromatic heterocycles. The third kappa shape index (κ3) is 4.32. The van der Waals surface area contributed by atoms with Crippen LogP contribution in [0.15, 0.2) is 35.1 Å². The zero-order valence-corrected chi connectivity index (χ0v) is 13.8. The lowest BCUT2D eigenvalue weighted by molar-refractivity contribution is 0.414. The van der Waals surface area contributed by atoms with E-state index in [-0.39, 0.29) is 0 Å². The number of anilines is 2. The molecule has 0 saturated heterocycles. The average Bonchev–Trinajstić information content (AvgIpc) is 2.52. The molecule has 2 N–H and O–H groups in total. The first-order valence-corrected chi connectivity index (χ1v) is 7.65. The third-order valence-corrected chi connectivity index (χ3v) is 3.75. The van der Waals surface area contributed by atoms with Gasteiger partial charge in [-0.25, -0.2) is 9.97 Å².